The Hall–Kier alpha value is -1.41. The van der Waals surface area contributed by atoms with Crippen LogP contribution in [0.4, 0.5) is 0 Å². The zero-order chi connectivity index (χ0) is 29.0. The van der Waals surface area contributed by atoms with Gasteiger partial charge in [0.25, 0.3) is 0 Å². The Kier molecular flexibility index (Phi) is 6.67. The van der Waals surface area contributed by atoms with Crippen LogP contribution < -0.4 is 0 Å². The molecule has 1 spiro atoms. The first-order valence-electron chi connectivity index (χ1n) is 14.4. The Morgan fingerprint density at radius 2 is 1.85 bits per heavy atom. The van der Waals surface area contributed by atoms with Gasteiger partial charge in [-0.3, -0.25) is 9.35 Å². The van der Waals surface area contributed by atoms with Crippen molar-refractivity contribution in [1.82, 2.24) is 0 Å². The maximum Gasteiger partial charge on any atom is 0.397 e. The minimum atomic E-state index is -4.91. The number of epoxide rings is 1. The van der Waals surface area contributed by atoms with E-state index in [0.717, 1.165) is 24.8 Å². The Labute approximate surface area is 234 Å². The van der Waals surface area contributed by atoms with Gasteiger partial charge >= 0.3 is 16.4 Å². The molecule has 4 saturated carbocycles. The molecule has 0 aromatic carbocycles. The predicted octanol–water partition coefficient (Wildman–Crippen LogP) is 1.35. The average Bonchev–Trinajstić information content (AvgIpc) is 3.50. The molecule has 2 aliphatic heterocycles. The van der Waals surface area contributed by atoms with E-state index >= 15 is 0 Å². The van der Waals surface area contributed by atoms with Crippen LogP contribution in [0.5, 0.6) is 0 Å². The van der Waals surface area contributed by atoms with Gasteiger partial charge in [0.15, 0.2) is 0 Å². The van der Waals surface area contributed by atoms with Gasteiger partial charge < -0.3 is 24.8 Å². The first-order valence-corrected chi connectivity index (χ1v) is 15.8. The second-order valence-electron chi connectivity index (χ2n) is 13.4. The molecule has 0 radical (unpaired) electrons. The fourth-order valence-corrected chi connectivity index (χ4v) is 10.8. The number of aliphatic hydroxyl groups is 3. The molecular formula is C28H40O11S. The zero-order valence-electron chi connectivity index (χ0n) is 23.1. The van der Waals surface area contributed by atoms with Crippen LogP contribution in [0.3, 0.4) is 0 Å². The fourth-order valence-electron chi connectivity index (χ4n) is 10.4. The summed E-state index contributed by atoms with van der Waals surface area (Å²) in [5, 5.41) is 31.6. The Morgan fingerprint density at radius 3 is 2.48 bits per heavy atom. The number of aliphatic hydroxyl groups excluding tert-OH is 3. The van der Waals surface area contributed by atoms with E-state index in [1.807, 2.05) is 6.92 Å². The topological polar surface area (TPSA) is 180 Å². The van der Waals surface area contributed by atoms with Gasteiger partial charge in [-0.15, -0.1) is 0 Å². The molecule has 4 N–H and O–H groups in total. The molecule has 0 aromatic rings. The number of Topliss-reactive ketones (excluding diaryl/α,β-unsaturated/α-hetero) is 1. The molecule has 12 heteroatoms. The molecule has 5 unspecified atom stereocenters. The number of cyclic esters (lactones) is 1. The van der Waals surface area contributed by atoms with Crippen molar-refractivity contribution >= 4 is 22.2 Å². The third-order valence-corrected chi connectivity index (χ3v) is 12.7. The van der Waals surface area contributed by atoms with Crippen molar-refractivity contribution in [3.05, 3.63) is 11.1 Å². The highest BCUT2D eigenvalue weighted by atomic mass is 32.3. The van der Waals surface area contributed by atoms with Gasteiger partial charge in [-0.05, 0) is 74.0 Å². The predicted molar refractivity (Wildman–Crippen MR) is 138 cm³/mol. The second-order valence-corrected chi connectivity index (χ2v) is 14.5. The minimum absolute atomic E-state index is 0.0652. The second kappa shape index (κ2) is 9.29. The molecule has 0 bridgehead atoms. The normalized spacial score (nSPS) is 49.0. The summed E-state index contributed by atoms with van der Waals surface area (Å²) in [6.45, 7) is 5.46. The Bertz CT molecular complexity index is 1250. The van der Waals surface area contributed by atoms with Gasteiger partial charge in [-0.25, -0.2) is 8.98 Å². The monoisotopic (exact) mass is 584 g/mol. The molecule has 224 valence electrons. The SMILES string of the molecule is CC1=C(CO)C(=O)OC([C@@H](C)C2CCC3C4C[C@H]5O[C@]56[C@@H](O)[C@@H](OS(=O)(=O)O)CC(=O)[C@]6(CO)C4CC[C@@]32C)C1. The number of hydrogen-bond acceptors (Lipinski definition) is 10. The van der Waals surface area contributed by atoms with Crippen molar-refractivity contribution in [1.29, 1.82) is 0 Å². The Morgan fingerprint density at radius 1 is 1.12 bits per heavy atom. The molecule has 6 aliphatic rings. The number of ketones is 1. The highest BCUT2D eigenvalue weighted by Gasteiger charge is 2.84. The number of rotatable bonds is 6. The van der Waals surface area contributed by atoms with Crippen LogP contribution in [0.2, 0.25) is 0 Å². The highest BCUT2D eigenvalue weighted by molar-refractivity contribution is 7.80. The van der Waals surface area contributed by atoms with E-state index in [1.54, 1.807) is 0 Å². The molecule has 0 amide bonds. The smallest absolute Gasteiger partial charge is 0.397 e. The maximum absolute atomic E-state index is 13.8. The third kappa shape index (κ3) is 3.72. The number of hydrogen-bond donors (Lipinski definition) is 4. The van der Waals surface area contributed by atoms with Crippen LogP contribution in [0.1, 0.15) is 65.7 Å². The lowest BCUT2D eigenvalue weighted by atomic mass is 9.43. The van der Waals surface area contributed by atoms with Gasteiger partial charge in [0.2, 0.25) is 0 Å². The summed E-state index contributed by atoms with van der Waals surface area (Å²) in [5.41, 5.74) is -1.68. The number of ether oxygens (including phenoxy) is 2. The summed E-state index contributed by atoms with van der Waals surface area (Å²) in [7, 11) is -4.91. The van der Waals surface area contributed by atoms with E-state index in [-0.39, 0.29) is 47.7 Å². The summed E-state index contributed by atoms with van der Waals surface area (Å²) >= 11 is 0. The first kappa shape index (κ1) is 28.7. The van der Waals surface area contributed by atoms with Crippen molar-refractivity contribution < 1.29 is 51.5 Å². The van der Waals surface area contributed by atoms with E-state index in [9.17, 15) is 37.9 Å². The van der Waals surface area contributed by atoms with E-state index < -0.39 is 64.5 Å². The summed E-state index contributed by atoms with van der Waals surface area (Å²) in [6.07, 6.45) is 0.263. The summed E-state index contributed by atoms with van der Waals surface area (Å²) in [6, 6.07) is 0. The number of fused-ring (bicyclic) bond motifs is 4. The number of esters is 1. The van der Waals surface area contributed by atoms with Crippen LogP contribution in [0, 0.1) is 40.4 Å². The van der Waals surface area contributed by atoms with Gasteiger partial charge in [-0.1, -0.05) is 19.4 Å². The summed E-state index contributed by atoms with van der Waals surface area (Å²) in [4.78, 5) is 26.3. The van der Waals surface area contributed by atoms with Crippen molar-refractivity contribution in [2.75, 3.05) is 13.2 Å². The number of carbonyl (C=O) groups is 2. The Balaban J connectivity index is 1.27. The van der Waals surface area contributed by atoms with E-state index in [4.69, 9.17) is 9.47 Å². The molecule has 12 atom stereocenters. The average molecular weight is 585 g/mol. The van der Waals surface area contributed by atoms with E-state index in [0.29, 0.717) is 24.8 Å². The van der Waals surface area contributed by atoms with Gasteiger partial charge in [0.05, 0.1) is 30.3 Å². The van der Waals surface area contributed by atoms with Crippen LogP contribution >= 0.6 is 0 Å². The standard InChI is InChI=1S/C28H40O11S/c1-13-8-20(37-25(33)16(13)11-29)14(2)17-4-5-18-15-9-23-28(38-23)24(32)21(39-40(34,35)36)10-22(31)27(28,12-30)19(15)6-7-26(17,18)3/h14-15,17-21,23-24,29-30,32H,4-12H2,1-3H3,(H,34,35,36)/t14-,15?,17?,18?,19?,20?,21-,23+,24-,26+,27-,28-/m0/s1. The molecule has 2 heterocycles. The van der Waals surface area contributed by atoms with Gasteiger partial charge in [0, 0.05) is 12.8 Å². The molecule has 5 fully saturated rings. The van der Waals surface area contributed by atoms with Crippen molar-refractivity contribution in [3.8, 4) is 0 Å². The molecule has 6 rings (SSSR count). The quantitative estimate of drug-likeness (QED) is 0.201. The molecule has 0 aromatic heterocycles. The largest absolute Gasteiger partial charge is 0.458 e. The molecular weight excluding hydrogens is 544 g/mol. The molecule has 1 saturated heterocycles. The lowest BCUT2D eigenvalue weighted by molar-refractivity contribution is -0.190. The lowest BCUT2D eigenvalue weighted by Gasteiger charge is -2.60. The van der Waals surface area contributed by atoms with Crippen molar-refractivity contribution in [3.63, 3.8) is 0 Å². The summed E-state index contributed by atoms with van der Waals surface area (Å²) < 4.78 is 48.6. The van der Waals surface area contributed by atoms with Crippen LogP contribution in [-0.2, 0) is 33.6 Å². The maximum atomic E-state index is 13.8. The molecule has 40 heavy (non-hydrogen) atoms. The zero-order valence-corrected chi connectivity index (χ0v) is 23.9. The minimum Gasteiger partial charge on any atom is -0.458 e. The molecule has 4 aliphatic carbocycles. The lowest BCUT2D eigenvalue weighted by Crippen LogP contribution is -2.70. The van der Waals surface area contributed by atoms with E-state index in [1.165, 1.54) is 0 Å². The van der Waals surface area contributed by atoms with Crippen molar-refractivity contribution in [2.45, 2.75) is 95.7 Å². The van der Waals surface area contributed by atoms with E-state index in [2.05, 4.69) is 18.0 Å². The highest BCUT2D eigenvalue weighted by Crippen LogP contribution is 2.73. The van der Waals surface area contributed by atoms with Gasteiger partial charge in [0.1, 0.15) is 29.7 Å². The van der Waals surface area contributed by atoms with Crippen LogP contribution in [0.15, 0.2) is 11.1 Å². The first-order chi connectivity index (χ1) is 18.7. The number of carbonyl (C=O) groups excluding carboxylic acids is 2. The third-order valence-electron chi connectivity index (χ3n) is 12.2. The fraction of sp³-hybridized carbons (Fsp3) is 0.857. The molecule has 11 nitrogen and oxygen atoms in total. The van der Waals surface area contributed by atoms with Gasteiger partial charge in [-0.2, -0.15) is 8.42 Å². The van der Waals surface area contributed by atoms with Crippen LogP contribution in [-0.4, -0.2) is 83.3 Å². The van der Waals surface area contributed by atoms with Crippen LogP contribution in [0.25, 0.3) is 0 Å². The summed E-state index contributed by atoms with van der Waals surface area (Å²) in [5.74, 6) is -0.418. The van der Waals surface area contributed by atoms with Crippen molar-refractivity contribution in [2.24, 2.45) is 40.4 Å².